The van der Waals surface area contributed by atoms with E-state index in [-0.39, 0.29) is 18.1 Å². The number of halogens is 1. The molecule has 2 fully saturated rings. The van der Waals surface area contributed by atoms with Crippen LogP contribution in [-0.2, 0) is 19.0 Å². The summed E-state index contributed by atoms with van der Waals surface area (Å²) in [5.41, 5.74) is -0.989. The number of H-pyrrole nitrogens is 1. The third-order valence-electron chi connectivity index (χ3n) is 4.58. The van der Waals surface area contributed by atoms with E-state index in [4.69, 9.17) is 25.8 Å². The lowest BCUT2D eigenvalue weighted by Gasteiger charge is -2.50. The maximum atomic E-state index is 12.3. The highest BCUT2D eigenvalue weighted by atomic mass is 35.5. The van der Waals surface area contributed by atoms with Gasteiger partial charge in [-0.15, -0.1) is 11.6 Å². The predicted octanol–water partition coefficient (Wildman–Crippen LogP) is -1.02. The van der Waals surface area contributed by atoms with Crippen molar-refractivity contribution in [3.8, 4) is 0 Å². The number of hydrogen-bond acceptors (Lipinski definition) is 7. The number of fused-ring (bicyclic) bond motifs is 1. The molecule has 0 aliphatic carbocycles. The summed E-state index contributed by atoms with van der Waals surface area (Å²) in [4.78, 5) is 38.0. The number of aliphatic hydroxyl groups excluding tert-OH is 1. The second-order valence-corrected chi connectivity index (χ2v) is 7.32. The lowest BCUT2D eigenvalue weighted by molar-refractivity contribution is -0.354. The van der Waals surface area contributed by atoms with Crippen LogP contribution in [-0.4, -0.2) is 63.2 Å². The molecule has 2 aliphatic heterocycles. The predicted molar refractivity (Wildman–Crippen MR) is 93.5 cm³/mol. The van der Waals surface area contributed by atoms with Gasteiger partial charge >= 0.3 is 5.69 Å². The summed E-state index contributed by atoms with van der Waals surface area (Å²) in [5, 5.41) is 13.5. The Morgan fingerprint density at radius 1 is 1.48 bits per heavy atom. The van der Waals surface area contributed by atoms with Crippen LogP contribution < -0.4 is 16.6 Å². The highest BCUT2D eigenvalue weighted by Gasteiger charge is 2.51. The van der Waals surface area contributed by atoms with Gasteiger partial charge in [-0.25, -0.2) is 4.79 Å². The minimum Gasteiger partial charge on any atom is -0.388 e. The van der Waals surface area contributed by atoms with Gasteiger partial charge in [-0.3, -0.25) is 19.1 Å². The average molecular weight is 404 g/mol. The van der Waals surface area contributed by atoms with Crippen LogP contribution in [0.4, 0.5) is 0 Å². The van der Waals surface area contributed by atoms with Gasteiger partial charge in [0.1, 0.15) is 30.2 Å². The van der Waals surface area contributed by atoms with Gasteiger partial charge in [0.2, 0.25) is 5.91 Å². The number of aryl methyl sites for hydroxylation is 1. The Morgan fingerprint density at radius 3 is 2.85 bits per heavy atom. The first-order valence-electron chi connectivity index (χ1n) is 8.45. The van der Waals surface area contributed by atoms with Gasteiger partial charge in [-0.05, 0) is 20.8 Å². The van der Waals surface area contributed by atoms with Crippen molar-refractivity contribution in [2.75, 3.05) is 12.5 Å². The Hall–Kier alpha value is -1.72. The molecule has 11 heteroatoms. The van der Waals surface area contributed by atoms with Gasteiger partial charge in [0.05, 0.1) is 6.61 Å². The highest BCUT2D eigenvalue weighted by molar-refractivity contribution is 6.27. The number of aliphatic hydroxyl groups is 1. The van der Waals surface area contributed by atoms with E-state index in [0.717, 1.165) is 4.57 Å². The Morgan fingerprint density at radius 2 is 2.19 bits per heavy atom. The molecule has 10 nitrogen and oxygen atoms in total. The fourth-order valence-corrected chi connectivity index (χ4v) is 3.33. The summed E-state index contributed by atoms with van der Waals surface area (Å²) >= 11 is 5.57. The van der Waals surface area contributed by atoms with Crippen LogP contribution in [0.2, 0.25) is 0 Å². The molecule has 0 spiro atoms. The smallest absolute Gasteiger partial charge is 0.330 e. The van der Waals surface area contributed by atoms with Crippen molar-refractivity contribution in [1.29, 1.82) is 0 Å². The minimum absolute atomic E-state index is 0.123. The number of aromatic amines is 1. The summed E-state index contributed by atoms with van der Waals surface area (Å²) in [5.74, 6) is -1.82. The van der Waals surface area contributed by atoms with Crippen molar-refractivity contribution in [1.82, 2.24) is 14.9 Å². The zero-order chi connectivity index (χ0) is 19.9. The van der Waals surface area contributed by atoms with E-state index in [1.807, 2.05) is 0 Å². The van der Waals surface area contributed by atoms with Gasteiger partial charge < -0.3 is 24.6 Å². The molecular formula is C16H22ClN3O7. The third kappa shape index (κ3) is 3.94. The lowest BCUT2D eigenvalue weighted by atomic mass is 9.94. The zero-order valence-electron chi connectivity index (χ0n) is 15.1. The normalized spacial score (nSPS) is 32.6. The topological polar surface area (TPSA) is 132 Å². The number of alkyl halides is 1. The van der Waals surface area contributed by atoms with Gasteiger partial charge in [-0.1, -0.05) is 0 Å². The molecular weight excluding hydrogens is 382 g/mol. The van der Waals surface area contributed by atoms with Crippen molar-refractivity contribution in [3.05, 3.63) is 32.6 Å². The molecule has 0 saturated carbocycles. The summed E-state index contributed by atoms with van der Waals surface area (Å²) < 4.78 is 18.4. The molecule has 0 unspecified atom stereocenters. The van der Waals surface area contributed by atoms with Gasteiger partial charge in [-0.2, -0.15) is 0 Å². The Kier molecular flexibility index (Phi) is 5.46. The van der Waals surface area contributed by atoms with E-state index >= 15 is 0 Å². The van der Waals surface area contributed by atoms with E-state index in [2.05, 4.69) is 10.3 Å². The summed E-state index contributed by atoms with van der Waals surface area (Å²) in [6.45, 7) is 5.05. The number of ether oxygens (including phenoxy) is 3. The first-order chi connectivity index (χ1) is 12.6. The number of nitrogens with one attached hydrogen (secondary N) is 2. The highest BCUT2D eigenvalue weighted by Crippen LogP contribution is 2.35. The number of carbonyl (C=O) groups is 1. The van der Waals surface area contributed by atoms with Gasteiger partial charge in [0.25, 0.3) is 5.56 Å². The zero-order valence-corrected chi connectivity index (χ0v) is 15.9. The Bertz CT molecular complexity index is 836. The van der Waals surface area contributed by atoms with Crippen molar-refractivity contribution in [2.24, 2.45) is 0 Å². The molecule has 0 aromatic carbocycles. The summed E-state index contributed by atoms with van der Waals surface area (Å²) in [6.07, 6.45) is -2.45. The third-order valence-corrected chi connectivity index (χ3v) is 4.82. The summed E-state index contributed by atoms with van der Waals surface area (Å²) in [6, 6.07) is -1.03. The van der Waals surface area contributed by atoms with Crippen LogP contribution >= 0.6 is 11.6 Å². The van der Waals surface area contributed by atoms with E-state index in [9.17, 15) is 19.5 Å². The van der Waals surface area contributed by atoms with Crippen LogP contribution in [0.3, 0.4) is 0 Å². The SMILES string of the molecule is Cc1cn([C@@H]2O[C@@H]3COC(C)(C)O[C@H]3[C@H](O)[C@H]2NC(=O)CCl)c(=O)[nH]c1=O. The maximum Gasteiger partial charge on any atom is 0.330 e. The van der Waals surface area contributed by atoms with Crippen LogP contribution in [0.25, 0.3) is 0 Å². The quantitative estimate of drug-likeness (QED) is 0.550. The van der Waals surface area contributed by atoms with Crippen LogP contribution in [0, 0.1) is 6.92 Å². The second kappa shape index (κ2) is 7.36. The average Bonchev–Trinajstić information content (AvgIpc) is 2.60. The van der Waals surface area contributed by atoms with Gasteiger partial charge in [0, 0.05) is 11.8 Å². The molecule has 150 valence electrons. The van der Waals surface area contributed by atoms with Crippen LogP contribution in [0.1, 0.15) is 25.6 Å². The van der Waals surface area contributed by atoms with Crippen molar-refractivity contribution < 1.29 is 24.1 Å². The molecule has 1 amide bonds. The molecule has 2 saturated heterocycles. The van der Waals surface area contributed by atoms with Gasteiger partial charge in [0.15, 0.2) is 12.0 Å². The van der Waals surface area contributed by atoms with E-state index < -0.39 is 53.5 Å². The Balaban J connectivity index is 2.01. The lowest BCUT2D eigenvalue weighted by Crippen LogP contribution is -2.67. The van der Waals surface area contributed by atoms with E-state index in [1.54, 1.807) is 13.8 Å². The first kappa shape index (κ1) is 20.0. The molecule has 1 aromatic heterocycles. The van der Waals surface area contributed by atoms with E-state index in [0.29, 0.717) is 0 Å². The van der Waals surface area contributed by atoms with Crippen molar-refractivity contribution in [3.63, 3.8) is 0 Å². The number of carbonyl (C=O) groups excluding carboxylic acids is 1. The molecule has 3 heterocycles. The number of nitrogens with zero attached hydrogens (tertiary/aromatic N) is 1. The molecule has 0 bridgehead atoms. The van der Waals surface area contributed by atoms with Crippen LogP contribution in [0.5, 0.6) is 0 Å². The number of amides is 1. The molecule has 5 atom stereocenters. The maximum absolute atomic E-state index is 12.3. The fourth-order valence-electron chi connectivity index (χ4n) is 3.25. The number of aromatic nitrogens is 2. The molecule has 0 radical (unpaired) electrons. The monoisotopic (exact) mass is 403 g/mol. The standard InChI is InChI=1S/C16H22ClN3O7/c1-7-5-20(15(24)19-13(7)23)14-10(18-9(21)4-17)11(22)12-8(26-14)6-25-16(2,3)27-12/h5,8,10-12,14,22H,4,6H2,1-3H3,(H,18,21)(H,19,23,24)/t8-,10-,11-,12-,14-/m1/s1. The largest absolute Gasteiger partial charge is 0.388 e. The van der Waals surface area contributed by atoms with E-state index in [1.165, 1.54) is 13.1 Å². The number of hydrogen-bond donors (Lipinski definition) is 3. The molecule has 27 heavy (non-hydrogen) atoms. The molecule has 1 aromatic rings. The van der Waals surface area contributed by atoms with Crippen molar-refractivity contribution in [2.45, 2.75) is 57.1 Å². The fraction of sp³-hybridized carbons (Fsp3) is 0.688. The van der Waals surface area contributed by atoms with Crippen molar-refractivity contribution >= 4 is 17.5 Å². The first-order valence-corrected chi connectivity index (χ1v) is 8.99. The molecule has 3 N–H and O–H groups in total. The molecule has 3 rings (SSSR count). The summed E-state index contributed by atoms with van der Waals surface area (Å²) in [7, 11) is 0. The molecule has 2 aliphatic rings. The minimum atomic E-state index is -1.21. The van der Waals surface area contributed by atoms with Crippen LogP contribution in [0.15, 0.2) is 15.8 Å². The Labute approximate surface area is 159 Å². The second-order valence-electron chi connectivity index (χ2n) is 7.05. The number of rotatable bonds is 3.